The second-order valence-corrected chi connectivity index (χ2v) is 10.5. The van der Waals surface area contributed by atoms with Gasteiger partial charge >= 0.3 is 5.97 Å². The molecule has 1 unspecified atom stereocenters. The third-order valence-corrected chi connectivity index (χ3v) is 7.28. The number of esters is 1. The van der Waals surface area contributed by atoms with Crippen LogP contribution in [0.15, 0.2) is 89.2 Å². The number of benzene rings is 2. The molecule has 1 amide bonds. The normalized spacial score (nSPS) is 15.2. The predicted octanol–water partition coefficient (Wildman–Crippen LogP) is 3.97. The quantitative estimate of drug-likeness (QED) is 0.243. The first kappa shape index (κ1) is 31.2. The Balaban J connectivity index is 1.39. The molecule has 2 aromatic carbocycles. The number of hydrogen-bond acceptors (Lipinski definition) is 8. The van der Waals surface area contributed by atoms with E-state index in [0.29, 0.717) is 33.8 Å². The summed E-state index contributed by atoms with van der Waals surface area (Å²) in [6.07, 6.45) is 2.27. The van der Waals surface area contributed by atoms with Gasteiger partial charge in [0.25, 0.3) is 11.5 Å². The second-order valence-electron chi connectivity index (χ2n) is 10.5. The third kappa shape index (κ3) is 6.80. The Labute approximate surface area is 258 Å². The highest BCUT2D eigenvalue weighted by molar-refractivity contribution is 5.96. The lowest BCUT2D eigenvalue weighted by molar-refractivity contribution is -0.147. The maximum absolute atomic E-state index is 15.4. The van der Waals surface area contributed by atoms with E-state index in [-0.39, 0.29) is 36.5 Å². The summed E-state index contributed by atoms with van der Waals surface area (Å²) < 4.78 is 35.0. The van der Waals surface area contributed by atoms with Crippen LogP contribution >= 0.6 is 0 Å². The van der Waals surface area contributed by atoms with Gasteiger partial charge in [-0.25, -0.2) is 9.07 Å². The van der Waals surface area contributed by atoms with Crippen molar-refractivity contribution in [3.8, 4) is 17.2 Å². The largest absolute Gasteiger partial charge is 0.497 e. The highest BCUT2D eigenvalue weighted by atomic mass is 19.1. The van der Waals surface area contributed by atoms with Crippen molar-refractivity contribution < 1.29 is 28.2 Å². The summed E-state index contributed by atoms with van der Waals surface area (Å²) in [6, 6.07) is 15.8. The van der Waals surface area contributed by atoms with Crippen LogP contribution in [0.1, 0.15) is 29.4 Å². The van der Waals surface area contributed by atoms with E-state index < -0.39 is 29.7 Å². The van der Waals surface area contributed by atoms with E-state index in [1.165, 1.54) is 10.8 Å². The van der Waals surface area contributed by atoms with Crippen molar-refractivity contribution in [2.45, 2.75) is 39.1 Å². The van der Waals surface area contributed by atoms with Crippen molar-refractivity contribution in [3.63, 3.8) is 0 Å². The number of methoxy groups -OCH3 is 1. The number of carbonyl (C=O) groups is 2. The fourth-order valence-electron chi connectivity index (χ4n) is 5.14. The molecule has 45 heavy (non-hydrogen) atoms. The van der Waals surface area contributed by atoms with Gasteiger partial charge in [-0.05, 0) is 63.4 Å². The monoisotopic (exact) mass is 615 g/mol. The zero-order valence-corrected chi connectivity index (χ0v) is 25.4. The molecule has 5 rings (SSSR count). The number of aromatic nitrogens is 3. The number of amides is 1. The zero-order valence-electron chi connectivity index (χ0n) is 25.4. The Morgan fingerprint density at radius 3 is 2.62 bits per heavy atom. The summed E-state index contributed by atoms with van der Waals surface area (Å²) in [4.78, 5) is 43.6. The molecule has 2 aromatic heterocycles. The van der Waals surface area contributed by atoms with E-state index in [9.17, 15) is 14.4 Å². The summed E-state index contributed by atoms with van der Waals surface area (Å²) in [5.41, 5.74) is 1.16. The average Bonchev–Trinajstić information content (AvgIpc) is 3.26. The smallest absolute Gasteiger partial charge is 0.320 e. The minimum absolute atomic E-state index is 0.0361. The number of alkyl halides is 1. The number of fused-ring (bicyclic) bond motifs is 1. The fourth-order valence-corrected chi connectivity index (χ4v) is 5.14. The van der Waals surface area contributed by atoms with Crippen LogP contribution in [-0.2, 0) is 16.1 Å². The number of nitrogens with one attached hydrogen (secondary N) is 2. The van der Waals surface area contributed by atoms with Crippen LogP contribution < -0.4 is 25.7 Å². The molecule has 11 nitrogen and oxygen atoms in total. The van der Waals surface area contributed by atoms with Crippen LogP contribution in [-0.4, -0.2) is 59.2 Å². The minimum Gasteiger partial charge on any atom is -0.497 e. The van der Waals surface area contributed by atoms with Gasteiger partial charge in [-0.15, -0.1) is 0 Å². The number of ether oxygens (including phenoxy) is 3. The van der Waals surface area contributed by atoms with Gasteiger partial charge in [-0.1, -0.05) is 18.2 Å². The first-order valence-electron chi connectivity index (χ1n) is 14.4. The van der Waals surface area contributed by atoms with Crippen LogP contribution in [0.25, 0.3) is 16.6 Å². The summed E-state index contributed by atoms with van der Waals surface area (Å²) in [6.45, 7) is 3.51. The van der Waals surface area contributed by atoms with Crippen LogP contribution in [0.4, 0.5) is 4.39 Å². The SMILES string of the molecule is CNCC(=O)O[C@H](C)Cn1c(C)c(C(=O)NC2=CC=C(Oc3ccnc4cc(OC)ccc34)C(F)C2)c(=O)n1-c1ccccc1. The maximum Gasteiger partial charge on any atom is 0.320 e. The summed E-state index contributed by atoms with van der Waals surface area (Å²) >= 11 is 0. The summed E-state index contributed by atoms with van der Waals surface area (Å²) in [5.74, 6) is 0.0270. The van der Waals surface area contributed by atoms with E-state index in [2.05, 4.69) is 15.6 Å². The average molecular weight is 616 g/mol. The Hall–Kier alpha value is -5.23. The van der Waals surface area contributed by atoms with Gasteiger partial charge in [-0.2, -0.15) is 0 Å². The lowest BCUT2D eigenvalue weighted by Crippen LogP contribution is -2.32. The second kappa shape index (κ2) is 13.6. The number of carbonyl (C=O) groups excluding carboxylic acids is 2. The molecule has 0 bridgehead atoms. The first-order chi connectivity index (χ1) is 21.7. The van der Waals surface area contributed by atoms with Gasteiger partial charge in [-0.3, -0.25) is 24.0 Å². The highest BCUT2D eigenvalue weighted by Crippen LogP contribution is 2.31. The molecule has 2 N–H and O–H groups in total. The van der Waals surface area contributed by atoms with Gasteiger partial charge in [0.1, 0.15) is 28.9 Å². The third-order valence-electron chi connectivity index (χ3n) is 7.28. The lowest BCUT2D eigenvalue weighted by atomic mass is 10.1. The Bertz CT molecular complexity index is 1850. The predicted molar refractivity (Wildman–Crippen MR) is 166 cm³/mol. The molecule has 2 heterocycles. The van der Waals surface area contributed by atoms with Gasteiger partial charge in [0.05, 0.1) is 37.1 Å². The molecule has 234 valence electrons. The number of nitrogens with zero attached hydrogens (tertiary/aromatic N) is 3. The number of para-hydroxylation sites is 1. The number of likely N-dealkylation sites (N-methyl/N-ethyl adjacent to an activating group) is 1. The number of hydrogen-bond donors (Lipinski definition) is 2. The van der Waals surface area contributed by atoms with E-state index in [4.69, 9.17) is 14.2 Å². The number of rotatable bonds is 11. The van der Waals surface area contributed by atoms with Gasteiger partial charge in [0.15, 0.2) is 6.17 Å². The first-order valence-corrected chi connectivity index (χ1v) is 14.4. The summed E-state index contributed by atoms with van der Waals surface area (Å²) in [5, 5.41) is 6.14. The van der Waals surface area contributed by atoms with Crippen molar-refractivity contribution in [2.75, 3.05) is 20.7 Å². The topological polar surface area (TPSA) is 126 Å². The number of allylic oxidation sites excluding steroid dienone is 4. The van der Waals surface area contributed by atoms with Crippen LogP contribution in [0.5, 0.6) is 11.5 Å². The molecule has 2 atom stereocenters. The molecule has 0 fully saturated rings. The van der Waals surface area contributed by atoms with E-state index in [1.54, 1.807) is 93.5 Å². The van der Waals surface area contributed by atoms with Crippen LogP contribution in [0.2, 0.25) is 0 Å². The lowest BCUT2D eigenvalue weighted by Gasteiger charge is -2.20. The van der Waals surface area contributed by atoms with E-state index >= 15 is 4.39 Å². The van der Waals surface area contributed by atoms with Crippen molar-refractivity contribution in [1.82, 2.24) is 25.0 Å². The van der Waals surface area contributed by atoms with Crippen LogP contribution in [0, 0.1) is 6.92 Å². The zero-order chi connectivity index (χ0) is 32.1. The Morgan fingerprint density at radius 1 is 1.13 bits per heavy atom. The van der Waals surface area contributed by atoms with Gasteiger partial charge in [0, 0.05) is 29.8 Å². The molecular weight excluding hydrogens is 581 g/mol. The number of halogens is 1. The molecule has 4 aromatic rings. The van der Waals surface area contributed by atoms with E-state index in [0.717, 1.165) is 0 Å². The van der Waals surface area contributed by atoms with Gasteiger partial charge < -0.3 is 24.8 Å². The fraction of sp³-hybridized carbons (Fsp3) is 0.273. The Kier molecular flexibility index (Phi) is 9.43. The van der Waals surface area contributed by atoms with Crippen LogP contribution in [0.3, 0.4) is 0 Å². The minimum atomic E-state index is -1.55. The molecule has 0 aliphatic heterocycles. The molecule has 1 aliphatic rings. The van der Waals surface area contributed by atoms with E-state index in [1.807, 2.05) is 6.07 Å². The molecule has 12 heteroatoms. The maximum atomic E-state index is 15.4. The molecular formula is C33H34FN5O6. The molecule has 0 saturated carbocycles. The van der Waals surface area contributed by atoms with Crippen molar-refractivity contribution in [1.29, 1.82) is 0 Å². The van der Waals surface area contributed by atoms with Crippen molar-refractivity contribution in [2.24, 2.45) is 0 Å². The van der Waals surface area contributed by atoms with Gasteiger partial charge in [0.2, 0.25) is 0 Å². The van der Waals surface area contributed by atoms with Crippen molar-refractivity contribution >= 4 is 22.8 Å². The summed E-state index contributed by atoms with van der Waals surface area (Å²) in [7, 11) is 3.20. The van der Waals surface area contributed by atoms with Crippen molar-refractivity contribution in [3.05, 3.63) is 106 Å². The standard InChI is InChI=1S/C33H34FN5O6/c1-20(44-30(40)18-35-3)19-38-21(2)31(33(42)39(38)23-8-6-5-7-9-23)32(41)37-22-10-13-29(26(34)16-22)45-28-14-15-36-27-17-24(43-4)11-12-25(27)28/h5-15,17,20,26,35H,16,18-19H2,1-4H3,(H,37,41)/t20-,26?/m1/s1. The molecule has 1 aliphatic carbocycles. The molecule has 0 saturated heterocycles. The molecule has 0 spiro atoms. The Morgan fingerprint density at radius 2 is 1.91 bits per heavy atom. The molecule has 0 radical (unpaired) electrons. The number of pyridine rings is 1. The highest BCUT2D eigenvalue weighted by Gasteiger charge is 2.28.